The van der Waals surface area contributed by atoms with E-state index in [1.807, 2.05) is 0 Å². The van der Waals surface area contributed by atoms with Gasteiger partial charge in [0.1, 0.15) is 5.60 Å². The highest BCUT2D eigenvalue weighted by atomic mass is 19.2. The third-order valence-corrected chi connectivity index (χ3v) is 3.95. The van der Waals surface area contributed by atoms with E-state index in [-0.39, 0.29) is 12.1 Å². The Balaban J connectivity index is 2.89. The highest BCUT2D eigenvalue weighted by Gasteiger charge is 2.30. The average molecular weight is 374 g/mol. The van der Waals surface area contributed by atoms with Crippen LogP contribution in [0.5, 0.6) is 0 Å². The van der Waals surface area contributed by atoms with Gasteiger partial charge in [0.15, 0.2) is 17.5 Å². The SMILES string of the molecule is CCC(CC)(CNC(=O)OC(C)(C)C)NC(=O)c1cc(F)c(F)c(F)c1. The molecule has 0 spiro atoms. The molecule has 0 bridgehead atoms. The van der Waals surface area contributed by atoms with E-state index < -0.39 is 40.6 Å². The summed E-state index contributed by atoms with van der Waals surface area (Å²) < 4.78 is 44.9. The van der Waals surface area contributed by atoms with Gasteiger partial charge in [-0.25, -0.2) is 18.0 Å². The van der Waals surface area contributed by atoms with Crippen molar-refractivity contribution in [3.63, 3.8) is 0 Å². The lowest BCUT2D eigenvalue weighted by molar-refractivity contribution is 0.0502. The molecule has 2 N–H and O–H groups in total. The van der Waals surface area contributed by atoms with Crippen molar-refractivity contribution < 1.29 is 27.5 Å². The highest BCUT2D eigenvalue weighted by Crippen LogP contribution is 2.18. The Labute approximate surface area is 151 Å². The molecule has 1 aromatic carbocycles. The van der Waals surface area contributed by atoms with Crippen LogP contribution in [-0.2, 0) is 4.74 Å². The fourth-order valence-electron chi connectivity index (χ4n) is 2.28. The number of hydrogen-bond donors (Lipinski definition) is 2. The van der Waals surface area contributed by atoms with Crippen molar-refractivity contribution in [2.45, 2.75) is 58.6 Å². The number of nitrogens with one attached hydrogen (secondary N) is 2. The van der Waals surface area contributed by atoms with E-state index in [2.05, 4.69) is 10.6 Å². The quantitative estimate of drug-likeness (QED) is 0.742. The largest absolute Gasteiger partial charge is 0.444 e. The molecule has 5 nitrogen and oxygen atoms in total. The first kappa shape index (κ1) is 21.8. The van der Waals surface area contributed by atoms with Crippen LogP contribution in [-0.4, -0.2) is 29.7 Å². The van der Waals surface area contributed by atoms with Gasteiger partial charge in [0.25, 0.3) is 5.91 Å². The molecule has 8 heteroatoms. The smallest absolute Gasteiger partial charge is 0.407 e. The molecule has 1 rings (SSSR count). The molecule has 0 heterocycles. The summed E-state index contributed by atoms with van der Waals surface area (Å²) in [5.74, 6) is -5.29. The maximum Gasteiger partial charge on any atom is 0.407 e. The molecule has 26 heavy (non-hydrogen) atoms. The Bertz CT molecular complexity index is 645. The predicted molar refractivity (Wildman–Crippen MR) is 91.3 cm³/mol. The Hall–Kier alpha value is -2.25. The van der Waals surface area contributed by atoms with Gasteiger partial charge in [-0.05, 0) is 45.7 Å². The summed E-state index contributed by atoms with van der Waals surface area (Å²) in [4.78, 5) is 24.2. The molecular formula is C18H25F3N2O3. The lowest BCUT2D eigenvalue weighted by Crippen LogP contribution is -2.55. The van der Waals surface area contributed by atoms with Gasteiger partial charge >= 0.3 is 6.09 Å². The number of halogens is 3. The third-order valence-electron chi connectivity index (χ3n) is 3.95. The molecule has 2 amide bonds. The van der Waals surface area contributed by atoms with E-state index >= 15 is 0 Å². The van der Waals surface area contributed by atoms with Crippen LogP contribution in [0.25, 0.3) is 0 Å². The van der Waals surface area contributed by atoms with E-state index in [0.29, 0.717) is 25.0 Å². The number of hydrogen-bond acceptors (Lipinski definition) is 3. The molecule has 0 atom stereocenters. The van der Waals surface area contributed by atoms with E-state index in [1.165, 1.54) is 0 Å². The first-order valence-electron chi connectivity index (χ1n) is 8.37. The van der Waals surface area contributed by atoms with E-state index in [4.69, 9.17) is 4.74 Å². The molecular weight excluding hydrogens is 349 g/mol. The predicted octanol–water partition coefficient (Wildman–Crippen LogP) is 3.92. The zero-order valence-corrected chi connectivity index (χ0v) is 15.6. The molecule has 0 aliphatic carbocycles. The second kappa shape index (κ2) is 8.42. The number of rotatable bonds is 6. The maximum absolute atomic E-state index is 13.3. The molecule has 0 saturated carbocycles. The number of carbonyl (C=O) groups excluding carboxylic acids is 2. The first-order valence-corrected chi connectivity index (χ1v) is 8.37. The van der Waals surface area contributed by atoms with Crippen molar-refractivity contribution in [1.29, 1.82) is 0 Å². The summed E-state index contributed by atoms with van der Waals surface area (Å²) in [5, 5.41) is 5.26. The summed E-state index contributed by atoms with van der Waals surface area (Å²) in [7, 11) is 0. The van der Waals surface area contributed by atoms with Gasteiger partial charge in [-0.2, -0.15) is 0 Å². The summed E-state index contributed by atoms with van der Waals surface area (Å²) in [6, 6.07) is 1.26. The molecule has 0 fully saturated rings. The van der Waals surface area contributed by atoms with Crippen molar-refractivity contribution >= 4 is 12.0 Å². The monoisotopic (exact) mass is 374 g/mol. The van der Waals surface area contributed by atoms with Crippen molar-refractivity contribution in [3.8, 4) is 0 Å². The molecule has 0 aliphatic rings. The van der Waals surface area contributed by atoms with Gasteiger partial charge in [0.05, 0.1) is 5.54 Å². The zero-order valence-electron chi connectivity index (χ0n) is 15.6. The number of benzene rings is 1. The van der Waals surface area contributed by atoms with Gasteiger partial charge < -0.3 is 15.4 Å². The van der Waals surface area contributed by atoms with Crippen LogP contribution < -0.4 is 10.6 Å². The Morgan fingerprint density at radius 1 is 1.04 bits per heavy atom. The van der Waals surface area contributed by atoms with Gasteiger partial charge in [-0.15, -0.1) is 0 Å². The summed E-state index contributed by atoms with van der Waals surface area (Å²) >= 11 is 0. The summed E-state index contributed by atoms with van der Waals surface area (Å²) in [6.07, 6.45) is 0.242. The fourth-order valence-corrected chi connectivity index (χ4v) is 2.28. The van der Waals surface area contributed by atoms with Crippen molar-refractivity contribution in [3.05, 3.63) is 35.1 Å². The normalized spacial score (nSPS) is 11.8. The molecule has 0 aromatic heterocycles. The number of ether oxygens (including phenoxy) is 1. The third kappa shape index (κ3) is 5.93. The molecule has 1 aromatic rings. The number of alkyl carbamates (subject to hydrolysis) is 1. The van der Waals surface area contributed by atoms with Crippen LogP contribution in [0, 0.1) is 17.5 Å². The lowest BCUT2D eigenvalue weighted by Gasteiger charge is -2.33. The number of carbonyl (C=O) groups is 2. The van der Waals surface area contributed by atoms with E-state index in [1.54, 1.807) is 34.6 Å². The fraction of sp³-hybridized carbons (Fsp3) is 0.556. The van der Waals surface area contributed by atoms with Gasteiger partial charge in [0, 0.05) is 12.1 Å². The number of amides is 2. The van der Waals surface area contributed by atoms with E-state index in [0.717, 1.165) is 0 Å². The van der Waals surface area contributed by atoms with Crippen LogP contribution in [0.15, 0.2) is 12.1 Å². The highest BCUT2D eigenvalue weighted by molar-refractivity contribution is 5.94. The molecule has 0 radical (unpaired) electrons. The Morgan fingerprint density at radius 2 is 1.54 bits per heavy atom. The van der Waals surface area contributed by atoms with Crippen LogP contribution in [0.1, 0.15) is 57.8 Å². The lowest BCUT2D eigenvalue weighted by atomic mass is 9.92. The minimum absolute atomic E-state index is 0.0623. The summed E-state index contributed by atoms with van der Waals surface area (Å²) in [6.45, 7) is 8.82. The second-order valence-corrected chi connectivity index (χ2v) is 7.05. The Morgan fingerprint density at radius 3 is 1.96 bits per heavy atom. The topological polar surface area (TPSA) is 67.4 Å². The van der Waals surface area contributed by atoms with Gasteiger partial charge in [-0.1, -0.05) is 13.8 Å². The second-order valence-electron chi connectivity index (χ2n) is 7.05. The average Bonchev–Trinajstić information content (AvgIpc) is 2.54. The van der Waals surface area contributed by atoms with Crippen LogP contribution in [0.3, 0.4) is 0 Å². The van der Waals surface area contributed by atoms with Crippen LogP contribution >= 0.6 is 0 Å². The molecule has 0 unspecified atom stereocenters. The van der Waals surface area contributed by atoms with Crippen LogP contribution in [0.4, 0.5) is 18.0 Å². The van der Waals surface area contributed by atoms with Crippen molar-refractivity contribution in [2.24, 2.45) is 0 Å². The standard InChI is InChI=1S/C18H25F3N2O3/c1-6-18(7-2,10-22-16(25)26-17(3,4)5)23-15(24)11-8-12(19)14(21)13(20)9-11/h8-9H,6-7,10H2,1-5H3,(H,22,25)(H,23,24). The van der Waals surface area contributed by atoms with Gasteiger partial charge in [-0.3, -0.25) is 4.79 Å². The van der Waals surface area contributed by atoms with Gasteiger partial charge in [0.2, 0.25) is 0 Å². The van der Waals surface area contributed by atoms with E-state index in [9.17, 15) is 22.8 Å². The van der Waals surface area contributed by atoms with Crippen molar-refractivity contribution in [1.82, 2.24) is 10.6 Å². The minimum atomic E-state index is -1.63. The summed E-state index contributed by atoms with van der Waals surface area (Å²) in [5.41, 5.74) is -1.86. The van der Waals surface area contributed by atoms with Crippen molar-refractivity contribution in [2.75, 3.05) is 6.54 Å². The minimum Gasteiger partial charge on any atom is -0.444 e. The Kier molecular flexibility index (Phi) is 7.06. The molecule has 0 saturated heterocycles. The molecule has 146 valence electrons. The van der Waals surface area contributed by atoms with Crippen LogP contribution in [0.2, 0.25) is 0 Å². The molecule has 0 aliphatic heterocycles. The maximum atomic E-state index is 13.3. The zero-order chi connectivity index (χ0) is 20.1. The first-order chi connectivity index (χ1) is 11.9.